The Kier molecular flexibility index (Phi) is 4.67. The van der Waals surface area contributed by atoms with Crippen molar-refractivity contribution in [3.05, 3.63) is 0 Å². The zero-order chi connectivity index (χ0) is 9.68. The minimum atomic E-state index is -0.630. The van der Waals surface area contributed by atoms with Crippen LogP contribution in [0.4, 0.5) is 4.39 Å². The van der Waals surface area contributed by atoms with Crippen molar-refractivity contribution in [3.8, 4) is 0 Å². The Balaban J connectivity index is 2.10. The van der Waals surface area contributed by atoms with Crippen LogP contribution in [-0.2, 0) is 0 Å². The zero-order valence-corrected chi connectivity index (χ0v) is 8.72. The normalized spacial score (nSPS) is 22.2. The van der Waals surface area contributed by atoms with Crippen LogP contribution in [0.2, 0.25) is 0 Å². The van der Waals surface area contributed by atoms with Crippen LogP contribution in [0.25, 0.3) is 0 Å². The van der Waals surface area contributed by atoms with E-state index in [2.05, 4.69) is 10.2 Å². The summed E-state index contributed by atoms with van der Waals surface area (Å²) in [6.07, 6.45) is 0.0624. The summed E-state index contributed by atoms with van der Waals surface area (Å²) < 4.78 is 13.2. The SMILES string of the molecule is CC(C)C(F)CCN1CCNCC1. The number of hydrogen-bond donors (Lipinski definition) is 1. The van der Waals surface area contributed by atoms with Gasteiger partial charge in [-0.3, -0.25) is 0 Å². The van der Waals surface area contributed by atoms with Crippen molar-refractivity contribution in [2.24, 2.45) is 5.92 Å². The Morgan fingerprint density at radius 2 is 1.92 bits per heavy atom. The van der Waals surface area contributed by atoms with E-state index in [1.165, 1.54) is 0 Å². The Morgan fingerprint density at radius 1 is 1.31 bits per heavy atom. The molecular weight excluding hydrogens is 167 g/mol. The van der Waals surface area contributed by atoms with Gasteiger partial charge >= 0.3 is 0 Å². The lowest BCUT2D eigenvalue weighted by atomic mass is 10.1. The first-order valence-corrected chi connectivity index (χ1v) is 5.27. The maximum atomic E-state index is 13.2. The van der Waals surface area contributed by atoms with Gasteiger partial charge < -0.3 is 10.2 Å². The number of piperazine rings is 1. The van der Waals surface area contributed by atoms with Crippen LogP contribution in [0.3, 0.4) is 0 Å². The van der Waals surface area contributed by atoms with Crippen LogP contribution in [0.5, 0.6) is 0 Å². The summed E-state index contributed by atoms with van der Waals surface area (Å²) in [5.41, 5.74) is 0. The molecule has 1 heterocycles. The van der Waals surface area contributed by atoms with Gasteiger partial charge in [0.2, 0.25) is 0 Å². The molecule has 1 atom stereocenters. The van der Waals surface area contributed by atoms with E-state index in [1.807, 2.05) is 13.8 Å². The molecule has 0 aromatic carbocycles. The Labute approximate surface area is 80.5 Å². The van der Waals surface area contributed by atoms with Crippen LogP contribution in [0, 0.1) is 5.92 Å². The highest BCUT2D eigenvalue weighted by atomic mass is 19.1. The van der Waals surface area contributed by atoms with E-state index in [9.17, 15) is 4.39 Å². The fourth-order valence-electron chi connectivity index (χ4n) is 1.57. The largest absolute Gasteiger partial charge is 0.314 e. The second kappa shape index (κ2) is 5.55. The van der Waals surface area contributed by atoms with Crippen molar-refractivity contribution in [3.63, 3.8) is 0 Å². The highest BCUT2D eigenvalue weighted by Gasteiger charge is 2.14. The number of halogens is 1. The fourth-order valence-corrected chi connectivity index (χ4v) is 1.57. The highest BCUT2D eigenvalue weighted by molar-refractivity contribution is 4.70. The number of alkyl halides is 1. The second-order valence-corrected chi connectivity index (χ2v) is 4.14. The predicted octanol–water partition coefficient (Wildman–Crippen LogP) is 1.28. The van der Waals surface area contributed by atoms with E-state index < -0.39 is 6.17 Å². The molecule has 1 unspecified atom stereocenters. The van der Waals surface area contributed by atoms with Crippen LogP contribution < -0.4 is 5.32 Å². The maximum absolute atomic E-state index is 13.2. The monoisotopic (exact) mass is 188 g/mol. The molecule has 0 saturated carbocycles. The topological polar surface area (TPSA) is 15.3 Å². The lowest BCUT2D eigenvalue weighted by Gasteiger charge is -2.28. The molecule has 0 bridgehead atoms. The molecule has 1 aliphatic heterocycles. The standard InChI is InChI=1S/C10H21FN2/c1-9(2)10(11)3-6-13-7-4-12-5-8-13/h9-10,12H,3-8H2,1-2H3. The van der Waals surface area contributed by atoms with E-state index in [-0.39, 0.29) is 5.92 Å². The van der Waals surface area contributed by atoms with E-state index >= 15 is 0 Å². The van der Waals surface area contributed by atoms with E-state index in [0.717, 1.165) is 32.7 Å². The maximum Gasteiger partial charge on any atom is 0.104 e. The summed E-state index contributed by atoms with van der Waals surface area (Å²) in [4.78, 5) is 2.34. The van der Waals surface area contributed by atoms with Gasteiger partial charge in [-0.05, 0) is 12.3 Å². The third-order valence-corrected chi connectivity index (χ3v) is 2.65. The van der Waals surface area contributed by atoms with Gasteiger partial charge in [0.05, 0.1) is 0 Å². The highest BCUT2D eigenvalue weighted by Crippen LogP contribution is 2.11. The van der Waals surface area contributed by atoms with Gasteiger partial charge in [0, 0.05) is 32.7 Å². The quantitative estimate of drug-likeness (QED) is 0.715. The van der Waals surface area contributed by atoms with Crippen LogP contribution in [0.15, 0.2) is 0 Å². The summed E-state index contributed by atoms with van der Waals surface area (Å²) in [5.74, 6) is 0.169. The van der Waals surface area contributed by atoms with Crippen LogP contribution in [0.1, 0.15) is 20.3 Å². The van der Waals surface area contributed by atoms with Crippen molar-refractivity contribution in [2.45, 2.75) is 26.4 Å². The molecule has 1 aliphatic rings. The average Bonchev–Trinajstić information content (AvgIpc) is 2.15. The van der Waals surface area contributed by atoms with Gasteiger partial charge in [-0.2, -0.15) is 0 Å². The van der Waals surface area contributed by atoms with Crippen molar-refractivity contribution in [1.29, 1.82) is 0 Å². The van der Waals surface area contributed by atoms with Gasteiger partial charge in [-0.15, -0.1) is 0 Å². The third kappa shape index (κ3) is 4.05. The van der Waals surface area contributed by atoms with Gasteiger partial charge in [-0.25, -0.2) is 4.39 Å². The van der Waals surface area contributed by atoms with Crippen LogP contribution >= 0.6 is 0 Å². The fraction of sp³-hybridized carbons (Fsp3) is 1.00. The molecule has 1 fully saturated rings. The molecule has 0 aliphatic carbocycles. The van der Waals surface area contributed by atoms with Gasteiger partial charge in [0.15, 0.2) is 0 Å². The smallest absolute Gasteiger partial charge is 0.104 e. The Bertz CT molecular complexity index is 133. The molecule has 2 nitrogen and oxygen atoms in total. The number of nitrogens with one attached hydrogen (secondary N) is 1. The lowest BCUT2D eigenvalue weighted by molar-refractivity contribution is 0.179. The third-order valence-electron chi connectivity index (χ3n) is 2.65. The summed E-state index contributed by atoms with van der Waals surface area (Å²) in [6, 6.07) is 0. The minimum Gasteiger partial charge on any atom is -0.314 e. The van der Waals surface area contributed by atoms with Crippen molar-refractivity contribution >= 4 is 0 Å². The molecule has 0 radical (unpaired) electrons. The first-order chi connectivity index (χ1) is 6.20. The molecule has 0 aromatic heterocycles. The predicted molar refractivity (Wildman–Crippen MR) is 53.7 cm³/mol. The van der Waals surface area contributed by atoms with Crippen molar-refractivity contribution < 1.29 is 4.39 Å². The number of rotatable bonds is 4. The first-order valence-electron chi connectivity index (χ1n) is 5.27. The van der Waals surface area contributed by atoms with Crippen molar-refractivity contribution in [2.75, 3.05) is 32.7 Å². The summed E-state index contributed by atoms with van der Waals surface area (Å²) in [7, 11) is 0. The van der Waals surface area contributed by atoms with Gasteiger partial charge in [0.25, 0.3) is 0 Å². The van der Waals surface area contributed by atoms with E-state index in [0.29, 0.717) is 6.42 Å². The molecule has 3 heteroatoms. The van der Waals surface area contributed by atoms with Crippen molar-refractivity contribution in [1.82, 2.24) is 10.2 Å². The number of nitrogens with zero attached hydrogens (tertiary/aromatic N) is 1. The minimum absolute atomic E-state index is 0.169. The first kappa shape index (κ1) is 10.9. The van der Waals surface area contributed by atoms with E-state index in [4.69, 9.17) is 0 Å². The number of hydrogen-bond acceptors (Lipinski definition) is 2. The summed E-state index contributed by atoms with van der Waals surface area (Å²) in [6.45, 7) is 9.07. The van der Waals surface area contributed by atoms with Gasteiger partial charge in [-0.1, -0.05) is 13.8 Å². The van der Waals surface area contributed by atoms with Crippen LogP contribution in [-0.4, -0.2) is 43.8 Å². The van der Waals surface area contributed by atoms with E-state index in [1.54, 1.807) is 0 Å². The summed E-state index contributed by atoms with van der Waals surface area (Å²) >= 11 is 0. The molecule has 0 amide bonds. The molecule has 1 rings (SSSR count). The molecule has 13 heavy (non-hydrogen) atoms. The molecule has 1 saturated heterocycles. The summed E-state index contributed by atoms with van der Waals surface area (Å²) in [5, 5.41) is 3.29. The zero-order valence-electron chi connectivity index (χ0n) is 8.72. The lowest BCUT2D eigenvalue weighted by Crippen LogP contribution is -2.44. The molecular formula is C10H21FN2. The Morgan fingerprint density at radius 3 is 2.46 bits per heavy atom. The molecule has 0 aromatic rings. The molecule has 0 spiro atoms. The molecule has 78 valence electrons. The average molecular weight is 188 g/mol. The van der Waals surface area contributed by atoms with Gasteiger partial charge in [0.1, 0.15) is 6.17 Å². The Hall–Kier alpha value is -0.150. The second-order valence-electron chi connectivity index (χ2n) is 4.14. The molecule has 1 N–H and O–H groups in total.